The van der Waals surface area contributed by atoms with Crippen molar-refractivity contribution in [1.82, 2.24) is 19.7 Å². The summed E-state index contributed by atoms with van der Waals surface area (Å²) >= 11 is 1.53. The lowest BCUT2D eigenvalue weighted by Crippen LogP contribution is -2.31. The van der Waals surface area contributed by atoms with Crippen molar-refractivity contribution in [3.05, 3.63) is 71.3 Å². The van der Waals surface area contributed by atoms with E-state index in [9.17, 15) is 4.79 Å². The minimum absolute atomic E-state index is 0.155. The molecule has 4 aromatic rings. The average molecular weight is 406 g/mol. The maximum Gasteiger partial charge on any atom is 0.281 e. The van der Waals surface area contributed by atoms with Crippen LogP contribution in [0.15, 0.2) is 48.9 Å². The largest absolute Gasteiger partial charge is 0.281 e. The maximum atomic E-state index is 13.5. The fourth-order valence-corrected chi connectivity index (χ4v) is 4.38. The van der Waals surface area contributed by atoms with Crippen molar-refractivity contribution in [2.45, 2.75) is 33.2 Å². The SMILES string of the molecule is Cc1cn(C)nc1C(=O)N(Cc1cccnc1)c1nc2c(C(C)C)cccc2s1. The summed E-state index contributed by atoms with van der Waals surface area (Å²) in [7, 11) is 1.82. The molecule has 7 heteroatoms. The van der Waals surface area contributed by atoms with Gasteiger partial charge < -0.3 is 0 Å². The lowest BCUT2D eigenvalue weighted by molar-refractivity contribution is 0.0979. The molecule has 0 spiro atoms. The van der Waals surface area contributed by atoms with Gasteiger partial charge in [-0.05, 0) is 36.1 Å². The second-order valence-electron chi connectivity index (χ2n) is 7.43. The van der Waals surface area contributed by atoms with Crippen LogP contribution in [0.3, 0.4) is 0 Å². The van der Waals surface area contributed by atoms with Crippen LogP contribution in [0.25, 0.3) is 10.2 Å². The van der Waals surface area contributed by atoms with Gasteiger partial charge in [0, 0.05) is 31.2 Å². The van der Waals surface area contributed by atoms with Gasteiger partial charge in [-0.1, -0.05) is 43.4 Å². The molecule has 0 aliphatic heterocycles. The molecule has 0 atom stereocenters. The lowest BCUT2D eigenvalue weighted by Gasteiger charge is -2.19. The standard InChI is InChI=1S/C22H23N5OS/c1-14(2)17-8-5-9-18-20(17)24-22(29-18)27(13-16-7-6-10-23-11-16)21(28)19-15(3)12-26(4)25-19/h5-12,14H,13H2,1-4H3. The third-order valence-electron chi connectivity index (χ3n) is 4.81. The molecule has 1 amide bonds. The number of anilines is 1. The number of hydrogen-bond acceptors (Lipinski definition) is 5. The van der Waals surface area contributed by atoms with Gasteiger partial charge in [0.25, 0.3) is 5.91 Å². The summed E-state index contributed by atoms with van der Waals surface area (Å²) in [6, 6.07) is 10.0. The first-order valence-corrected chi connectivity index (χ1v) is 10.4. The van der Waals surface area contributed by atoms with E-state index in [4.69, 9.17) is 4.98 Å². The first kappa shape index (κ1) is 19.3. The van der Waals surface area contributed by atoms with Crippen LogP contribution in [-0.2, 0) is 13.6 Å². The van der Waals surface area contributed by atoms with Gasteiger partial charge in [0.2, 0.25) is 0 Å². The molecule has 148 valence electrons. The monoisotopic (exact) mass is 405 g/mol. The van der Waals surface area contributed by atoms with Gasteiger partial charge in [-0.15, -0.1) is 0 Å². The van der Waals surface area contributed by atoms with E-state index in [2.05, 4.69) is 42.1 Å². The molecule has 0 saturated heterocycles. The zero-order chi connectivity index (χ0) is 20.5. The molecule has 29 heavy (non-hydrogen) atoms. The van der Waals surface area contributed by atoms with Gasteiger partial charge in [-0.2, -0.15) is 5.10 Å². The molecule has 0 radical (unpaired) electrons. The van der Waals surface area contributed by atoms with Crippen LogP contribution < -0.4 is 4.90 Å². The molecule has 0 aliphatic rings. The molecule has 0 unspecified atom stereocenters. The van der Waals surface area contributed by atoms with E-state index in [1.807, 2.05) is 32.3 Å². The van der Waals surface area contributed by atoms with Gasteiger partial charge in [-0.25, -0.2) is 4.98 Å². The van der Waals surface area contributed by atoms with Crippen LogP contribution in [0, 0.1) is 6.92 Å². The van der Waals surface area contributed by atoms with E-state index in [-0.39, 0.29) is 5.91 Å². The molecule has 0 aliphatic carbocycles. The van der Waals surface area contributed by atoms with E-state index < -0.39 is 0 Å². The Hall–Kier alpha value is -3.06. The van der Waals surface area contributed by atoms with Crippen LogP contribution in [0.2, 0.25) is 0 Å². The minimum Gasteiger partial charge on any atom is -0.278 e. The lowest BCUT2D eigenvalue weighted by atomic mass is 10.0. The Balaban J connectivity index is 1.82. The minimum atomic E-state index is -0.155. The third kappa shape index (κ3) is 3.78. The number of aryl methyl sites for hydroxylation is 2. The number of carbonyl (C=O) groups is 1. The number of fused-ring (bicyclic) bond motifs is 1. The molecule has 0 N–H and O–H groups in total. The molecule has 0 fully saturated rings. The smallest absolute Gasteiger partial charge is 0.278 e. The Labute approximate surface area is 173 Å². The van der Waals surface area contributed by atoms with Gasteiger partial charge in [0.05, 0.1) is 16.8 Å². The van der Waals surface area contributed by atoms with Crippen LogP contribution >= 0.6 is 11.3 Å². The summed E-state index contributed by atoms with van der Waals surface area (Å²) in [5.41, 5.74) is 4.38. The molecule has 3 aromatic heterocycles. The third-order valence-corrected chi connectivity index (χ3v) is 5.86. The van der Waals surface area contributed by atoms with Gasteiger partial charge in [0.15, 0.2) is 10.8 Å². The van der Waals surface area contributed by atoms with E-state index in [0.29, 0.717) is 23.3 Å². The predicted molar refractivity (Wildman–Crippen MR) is 116 cm³/mol. The zero-order valence-electron chi connectivity index (χ0n) is 17.0. The molecule has 4 rings (SSSR count). The topological polar surface area (TPSA) is 63.9 Å². The highest BCUT2D eigenvalue weighted by Crippen LogP contribution is 2.34. The molecule has 1 aromatic carbocycles. The average Bonchev–Trinajstić information content (AvgIpc) is 3.28. The highest BCUT2D eigenvalue weighted by molar-refractivity contribution is 7.22. The van der Waals surface area contributed by atoms with Crippen LogP contribution in [0.1, 0.15) is 46.9 Å². The first-order chi connectivity index (χ1) is 13.9. The molecular weight excluding hydrogens is 382 g/mol. The normalized spacial score (nSPS) is 11.3. The van der Waals surface area contributed by atoms with Crippen molar-refractivity contribution in [3.8, 4) is 0 Å². The molecule has 6 nitrogen and oxygen atoms in total. The number of benzene rings is 1. The number of carbonyl (C=O) groups excluding carboxylic acids is 1. The predicted octanol–water partition coefficient (Wildman–Crippen LogP) is 4.70. The molecular formula is C22H23N5OS. The van der Waals surface area contributed by atoms with Crippen molar-refractivity contribution >= 4 is 32.6 Å². The van der Waals surface area contributed by atoms with Gasteiger partial charge >= 0.3 is 0 Å². The fourth-order valence-electron chi connectivity index (χ4n) is 3.39. The second kappa shape index (κ2) is 7.75. The highest BCUT2D eigenvalue weighted by Gasteiger charge is 2.26. The van der Waals surface area contributed by atoms with E-state index in [1.165, 1.54) is 16.9 Å². The summed E-state index contributed by atoms with van der Waals surface area (Å²) in [5, 5.41) is 5.06. The quantitative estimate of drug-likeness (QED) is 0.483. The summed E-state index contributed by atoms with van der Waals surface area (Å²) in [4.78, 5) is 24.3. The Kier molecular flexibility index (Phi) is 5.15. The summed E-state index contributed by atoms with van der Waals surface area (Å²) < 4.78 is 2.74. The number of aromatic nitrogens is 4. The Morgan fingerprint density at radius 3 is 2.72 bits per heavy atom. The van der Waals surface area contributed by atoms with Crippen LogP contribution in [0.4, 0.5) is 5.13 Å². The number of nitrogens with zero attached hydrogens (tertiary/aromatic N) is 5. The van der Waals surface area contributed by atoms with Crippen molar-refractivity contribution in [2.75, 3.05) is 4.90 Å². The maximum absolute atomic E-state index is 13.5. The number of amides is 1. The van der Waals surface area contributed by atoms with Crippen molar-refractivity contribution in [3.63, 3.8) is 0 Å². The van der Waals surface area contributed by atoms with Crippen molar-refractivity contribution in [2.24, 2.45) is 7.05 Å². The number of thiazole rings is 1. The Morgan fingerprint density at radius 1 is 1.24 bits per heavy atom. The molecule has 3 heterocycles. The first-order valence-electron chi connectivity index (χ1n) is 9.54. The number of hydrogen-bond donors (Lipinski definition) is 0. The fraction of sp³-hybridized carbons (Fsp3) is 0.273. The Bertz CT molecular complexity index is 1160. The summed E-state index contributed by atoms with van der Waals surface area (Å²) in [6.45, 7) is 6.60. The Morgan fingerprint density at radius 2 is 2.07 bits per heavy atom. The van der Waals surface area contributed by atoms with Crippen molar-refractivity contribution in [1.29, 1.82) is 0 Å². The number of rotatable bonds is 5. The number of pyridine rings is 1. The van der Waals surface area contributed by atoms with Gasteiger partial charge in [0.1, 0.15) is 0 Å². The zero-order valence-corrected chi connectivity index (χ0v) is 17.8. The van der Waals surface area contributed by atoms with Crippen LogP contribution in [0.5, 0.6) is 0 Å². The number of para-hydroxylation sites is 1. The highest BCUT2D eigenvalue weighted by atomic mass is 32.1. The van der Waals surface area contributed by atoms with Crippen LogP contribution in [-0.4, -0.2) is 25.7 Å². The summed E-state index contributed by atoms with van der Waals surface area (Å²) in [6.07, 6.45) is 5.36. The van der Waals surface area contributed by atoms with Gasteiger partial charge in [-0.3, -0.25) is 19.4 Å². The van der Waals surface area contributed by atoms with Crippen molar-refractivity contribution < 1.29 is 4.79 Å². The molecule has 0 saturated carbocycles. The van der Waals surface area contributed by atoms with E-state index in [1.54, 1.807) is 22.0 Å². The summed E-state index contributed by atoms with van der Waals surface area (Å²) in [5.74, 6) is 0.200. The van der Waals surface area contributed by atoms with E-state index >= 15 is 0 Å². The second-order valence-corrected chi connectivity index (χ2v) is 8.44. The molecule has 0 bridgehead atoms. The van der Waals surface area contributed by atoms with E-state index in [0.717, 1.165) is 21.3 Å².